The van der Waals surface area contributed by atoms with Crippen LogP contribution in [0.15, 0.2) is 0 Å². The molecule has 0 aromatic heterocycles. The zero-order chi connectivity index (χ0) is 11.1. The minimum atomic E-state index is -0.353. The Bertz CT molecular complexity index is 283. The smallest absolute Gasteiger partial charge is 0.242 e. The van der Waals surface area contributed by atoms with E-state index >= 15 is 0 Å². The lowest BCUT2D eigenvalue weighted by Gasteiger charge is -2.10. The molecule has 1 fully saturated rings. The van der Waals surface area contributed by atoms with Crippen molar-refractivity contribution >= 4 is 11.8 Å². The topological polar surface area (TPSA) is 82.0 Å². The van der Waals surface area contributed by atoms with E-state index in [4.69, 9.17) is 5.26 Å². The maximum Gasteiger partial charge on any atom is 0.242 e. The van der Waals surface area contributed by atoms with E-state index in [1.165, 1.54) is 0 Å². The molecule has 0 aromatic carbocycles. The van der Waals surface area contributed by atoms with Crippen molar-refractivity contribution in [3.63, 3.8) is 0 Å². The summed E-state index contributed by atoms with van der Waals surface area (Å²) in [6, 6.07) is 1.69. The average Bonchev–Trinajstić information content (AvgIpc) is 2.64. The SMILES string of the molecule is N#CCCCCNC(=O)[C@H]1CCC(=O)N1. The summed E-state index contributed by atoms with van der Waals surface area (Å²) in [5.74, 6) is -0.169. The fraction of sp³-hybridized carbons (Fsp3) is 0.700. The van der Waals surface area contributed by atoms with Gasteiger partial charge in [-0.1, -0.05) is 0 Å². The summed E-state index contributed by atoms with van der Waals surface area (Å²) in [6.45, 7) is 0.576. The van der Waals surface area contributed by atoms with E-state index in [2.05, 4.69) is 10.6 Å². The number of carbonyl (C=O) groups excluding carboxylic acids is 2. The molecule has 2 amide bonds. The molecule has 0 saturated carbocycles. The molecule has 1 saturated heterocycles. The molecule has 2 N–H and O–H groups in total. The van der Waals surface area contributed by atoms with Crippen LogP contribution in [0.25, 0.3) is 0 Å². The van der Waals surface area contributed by atoms with E-state index in [9.17, 15) is 9.59 Å². The Morgan fingerprint density at radius 1 is 1.60 bits per heavy atom. The summed E-state index contributed by atoms with van der Waals surface area (Å²) in [6.07, 6.45) is 3.15. The molecule has 0 spiro atoms. The van der Waals surface area contributed by atoms with Crippen LogP contribution >= 0.6 is 0 Å². The van der Waals surface area contributed by atoms with E-state index < -0.39 is 0 Å². The Morgan fingerprint density at radius 2 is 2.40 bits per heavy atom. The summed E-state index contributed by atoms with van der Waals surface area (Å²) in [4.78, 5) is 22.3. The van der Waals surface area contributed by atoms with Gasteiger partial charge >= 0.3 is 0 Å². The van der Waals surface area contributed by atoms with Gasteiger partial charge in [0.2, 0.25) is 11.8 Å². The minimum Gasteiger partial charge on any atom is -0.354 e. The van der Waals surface area contributed by atoms with Gasteiger partial charge in [0.15, 0.2) is 0 Å². The van der Waals surface area contributed by atoms with E-state index in [0.29, 0.717) is 25.8 Å². The molecule has 5 heteroatoms. The Hall–Kier alpha value is -1.57. The number of hydrogen-bond donors (Lipinski definition) is 2. The highest BCUT2D eigenvalue weighted by Gasteiger charge is 2.26. The van der Waals surface area contributed by atoms with Gasteiger partial charge in [0.25, 0.3) is 0 Å². The van der Waals surface area contributed by atoms with Gasteiger partial charge in [-0.25, -0.2) is 0 Å². The molecule has 0 aliphatic carbocycles. The number of carbonyl (C=O) groups is 2. The predicted molar refractivity (Wildman–Crippen MR) is 53.6 cm³/mol. The second kappa shape index (κ2) is 6.02. The van der Waals surface area contributed by atoms with Gasteiger partial charge in [-0.3, -0.25) is 9.59 Å². The summed E-state index contributed by atoms with van der Waals surface area (Å²) in [5.41, 5.74) is 0. The molecule has 5 nitrogen and oxygen atoms in total. The number of hydrogen-bond acceptors (Lipinski definition) is 3. The Balaban J connectivity index is 2.09. The minimum absolute atomic E-state index is 0.0559. The summed E-state index contributed by atoms with van der Waals surface area (Å²) in [5, 5.41) is 13.6. The van der Waals surface area contributed by atoms with E-state index in [1.807, 2.05) is 6.07 Å². The highest BCUT2D eigenvalue weighted by Crippen LogP contribution is 2.06. The Labute approximate surface area is 88.8 Å². The first-order valence-corrected chi connectivity index (χ1v) is 5.18. The third kappa shape index (κ3) is 3.98. The second-order valence-corrected chi connectivity index (χ2v) is 3.57. The first kappa shape index (κ1) is 11.5. The van der Waals surface area contributed by atoms with Crippen LogP contribution in [-0.2, 0) is 9.59 Å². The molecule has 0 unspecified atom stereocenters. The number of nitrogens with zero attached hydrogens (tertiary/aromatic N) is 1. The number of amides is 2. The lowest BCUT2D eigenvalue weighted by Crippen LogP contribution is -2.41. The van der Waals surface area contributed by atoms with Crippen molar-refractivity contribution in [1.29, 1.82) is 5.26 Å². The van der Waals surface area contributed by atoms with E-state index in [0.717, 1.165) is 12.8 Å². The fourth-order valence-electron chi connectivity index (χ4n) is 1.47. The normalized spacial score (nSPS) is 19.4. The van der Waals surface area contributed by atoms with E-state index in [1.54, 1.807) is 0 Å². The summed E-state index contributed by atoms with van der Waals surface area (Å²) >= 11 is 0. The number of unbranched alkanes of at least 4 members (excludes halogenated alkanes) is 2. The van der Waals surface area contributed by atoms with Crippen LogP contribution in [0.3, 0.4) is 0 Å². The van der Waals surface area contributed by atoms with Crippen molar-refractivity contribution in [3.8, 4) is 6.07 Å². The zero-order valence-electron chi connectivity index (χ0n) is 8.58. The Kier molecular flexibility index (Phi) is 4.61. The molecule has 1 aliphatic heterocycles. The first-order chi connectivity index (χ1) is 7.24. The van der Waals surface area contributed by atoms with Crippen LogP contribution < -0.4 is 10.6 Å². The standard InChI is InChI=1S/C10H15N3O2/c11-6-2-1-3-7-12-10(15)8-4-5-9(14)13-8/h8H,1-5,7H2,(H,12,15)(H,13,14)/t8-/m1/s1. The molecule has 1 atom stereocenters. The maximum atomic E-state index is 11.4. The van der Waals surface area contributed by atoms with Crippen LogP contribution in [0.5, 0.6) is 0 Å². The Morgan fingerprint density at radius 3 is 3.00 bits per heavy atom. The van der Waals surface area contributed by atoms with Gasteiger partial charge in [0, 0.05) is 19.4 Å². The monoisotopic (exact) mass is 209 g/mol. The molecule has 82 valence electrons. The van der Waals surface area contributed by atoms with Gasteiger partial charge in [-0.2, -0.15) is 5.26 Å². The zero-order valence-corrected chi connectivity index (χ0v) is 8.58. The molecule has 15 heavy (non-hydrogen) atoms. The van der Waals surface area contributed by atoms with Crippen LogP contribution in [-0.4, -0.2) is 24.4 Å². The summed E-state index contributed by atoms with van der Waals surface area (Å²) in [7, 11) is 0. The van der Waals surface area contributed by atoms with Gasteiger partial charge in [-0.15, -0.1) is 0 Å². The van der Waals surface area contributed by atoms with Crippen molar-refractivity contribution in [1.82, 2.24) is 10.6 Å². The van der Waals surface area contributed by atoms with Crippen LogP contribution in [0.4, 0.5) is 0 Å². The number of nitriles is 1. The van der Waals surface area contributed by atoms with Gasteiger partial charge in [0.05, 0.1) is 6.07 Å². The molecular weight excluding hydrogens is 194 g/mol. The van der Waals surface area contributed by atoms with Crippen molar-refractivity contribution in [2.45, 2.75) is 38.1 Å². The maximum absolute atomic E-state index is 11.4. The van der Waals surface area contributed by atoms with Gasteiger partial charge < -0.3 is 10.6 Å². The average molecular weight is 209 g/mol. The lowest BCUT2D eigenvalue weighted by atomic mass is 10.2. The molecule has 1 rings (SSSR count). The van der Waals surface area contributed by atoms with Crippen molar-refractivity contribution < 1.29 is 9.59 Å². The predicted octanol–water partition coefficient (Wildman–Crippen LogP) is 0.0751. The molecular formula is C10H15N3O2. The first-order valence-electron chi connectivity index (χ1n) is 5.18. The van der Waals surface area contributed by atoms with Crippen LogP contribution in [0, 0.1) is 11.3 Å². The molecule has 0 bridgehead atoms. The largest absolute Gasteiger partial charge is 0.354 e. The highest BCUT2D eigenvalue weighted by atomic mass is 16.2. The van der Waals surface area contributed by atoms with Crippen LogP contribution in [0.1, 0.15) is 32.1 Å². The third-order valence-electron chi connectivity index (χ3n) is 2.33. The number of nitrogens with one attached hydrogen (secondary N) is 2. The quantitative estimate of drug-likeness (QED) is 0.629. The van der Waals surface area contributed by atoms with Gasteiger partial charge in [-0.05, 0) is 19.3 Å². The summed E-state index contributed by atoms with van der Waals surface area (Å²) < 4.78 is 0. The lowest BCUT2D eigenvalue weighted by molar-refractivity contribution is -0.125. The van der Waals surface area contributed by atoms with E-state index in [-0.39, 0.29) is 17.9 Å². The van der Waals surface area contributed by atoms with Crippen molar-refractivity contribution in [2.24, 2.45) is 0 Å². The van der Waals surface area contributed by atoms with Crippen LogP contribution in [0.2, 0.25) is 0 Å². The molecule has 1 heterocycles. The van der Waals surface area contributed by atoms with Crippen molar-refractivity contribution in [2.75, 3.05) is 6.54 Å². The number of rotatable bonds is 5. The fourth-order valence-corrected chi connectivity index (χ4v) is 1.47. The molecule has 1 aliphatic rings. The van der Waals surface area contributed by atoms with Crippen molar-refractivity contribution in [3.05, 3.63) is 0 Å². The van der Waals surface area contributed by atoms with Gasteiger partial charge in [0.1, 0.15) is 6.04 Å². The molecule has 0 radical (unpaired) electrons. The molecule has 0 aromatic rings. The third-order valence-corrected chi connectivity index (χ3v) is 2.33. The second-order valence-electron chi connectivity index (χ2n) is 3.57. The highest BCUT2D eigenvalue weighted by molar-refractivity contribution is 5.90.